The molecule has 0 aliphatic heterocycles. The number of hydrogen-bond acceptors (Lipinski definition) is 1. The van der Waals surface area contributed by atoms with Crippen LogP contribution in [0.25, 0.3) is 0 Å². The van der Waals surface area contributed by atoms with E-state index in [1.54, 1.807) is 7.05 Å². The second kappa shape index (κ2) is 6.33. The van der Waals surface area contributed by atoms with Crippen molar-refractivity contribution in [2.75, 3.05) is 7.05 Å². The van der Waals surface area contributed by atoms with Gasteiger partial charge >= 0.3 is 0 Å². The Kier molecular flexibility index (Phi) is 4.73. The Balaban J connectivity index is 2.30. The molecule has 0 amide bonds. The average molecular weight is 296 g/mol. The van der Waals surface area contributed by atoms with Gasteiger partial charge in [0, 0.05) is 11.1 Å². The lowest BCUT2D eigenvalue weighted by Crippen LogP contribution is -2.19. The average Bonchev–Trinajstić information content (AvgIpc) is 2.38. The van der Waals surface area contributed by atoms with Gasteiger partial charge in [0.2, 0.25) is 0 Å². The van der Waals surface area contributed by atoms with Gasteiger partial charge < -0.3 is 5.32 Å². The van der Waals surface area contributed by atoms with Crippen LogP contribution in [0.2, 0.25) is 5.02 Å². The maximum atomic E-state index is 13.5. The Morgan fingerprint density at radius 1 is 1.10 bits per heavy atom. The van der Waals surface area contributed by atoms with Gasteiger partial charge in [0.05, 0.1) is 0 Å². The number of halogens is 3. The molecule has 20 heavy (non-hydrogen) atoms. The van der Waals surface area contributed by atoms with Crippen molar-refractivity contribution in [3.8, 4) is 0 Å². The summed E-state index contributed by atoms with van der Waals surface area (Å²) < 4.78 is 26.8. The van der Waals surface area contributed by atoms with E-state index in [1.807, 2.05) is 13.0 Å². The van der Waals surface area contributed by atoms with Gasteiger partial charge in [-0.1, -0.05) is 17.7 Å². The molecule has 2 aromatic carbocycles. The molecule has 0 bridgehead atoms. The Morgan fingerprint density at radius 2 is 1.85 bits per heavy atom. The first kappa shape index (κ1) is 14.9. The van der Waals surface area contributed by atoms with Crippen molar-refractivity contribution >= 4 is 11.6 Å². The van der Waals surface area contributed by atoms with Crippen molar-refractivity contribution < 1.29 is 8.78 Å². The summed E-state index contributed by atoms with van der Waals surface area (Å²) in [5.74, 6) is -0.597. The molecule has 0 saturated heterocycles. The predicted octanol–water partition coefficient (Wildman–Crippen LogP) is 4.43. The highest BCUT2D eigenvalue weighted by Crippen LogP contribution is 2.25. The summed E-state index contributed by atoms with van der Waals surface area (Å²) in [6, 6.07) is 9.04. The van der Waals surface area contributed by atoms with Crippen LogP contribution < -0.4 is 5.32 Å². The largest absolute Gasteiger partial charge is 0.313 e. The summed E-state index contributed by atoms with van der Waals surface area (Å²) in [5.41, 5.74) is 2.38. The normalized spacial score (nSPS) is 12.4. The lowest BCUT2D eigenvalue weighted by Gasteiger charge is -2.18. The first-order chi connectivity index (χ1) is 9.49. The predicted molar refractivity (Wildman–Crippen MR) is 78.1 cm³/mol. The van der Waals surface area contributed by atoms with Crippen LogP contribution in [0.1, 0.15) is 22.7 Å². The van der Waals surface area contributed by atoms with E-state index >= 15 is 0 Å². The molecule has 4 heteroatoms. The SMILES string of the molecule is CNC(Cc1cc(F)ccc1Cl)c1cc(C)cc(F)c1. The fourth-order valence-electron chi connectivity index (χ4n) is 2.27. The molecule has 2 aromatic rings. The van der Waals surface area contributed by atoms with E-state index in [9.17, 15) is 8.78 Å². The number of aryl methyl sites for hydroxylation is 1. The quantitative estimate of drug-likeness (QED) is 0.880. The number of likely N-dealkylation sites (N-methyl/N-ethyl adjacent to an activating group) is 1. The molecule has 0 aromatic heterocycles. The van der Waals surface area contributed by atoms with Crippen LogP contribution >= 0.6 is 11.6 Å². The standard InChI is InChI=1S/C16H16ClF2N/c1-10-5-12(8-14(19)6-10)16(20-2)9-11-7-13(18)3-4-15(11)17/h3-8,16,20H,9H2,1-2H3. The highest BCUT2D eigenvalue weighted by atomic mass is 35.5. The number of hydrogen-bond donors (Lipinski definition) is 1. The second-order valence-corrected chi connectivity index (χ2v) is 5.25. The summed E-state index contributed by atoms with van der Waals surface area (Å²) in [4.78, 5) is 0. The first-order valence-corrected chi connectivity index (χ1v) is 6.75. The Hall–Kier alpha value is -1.45. The fraction of sp³-hybridized carbons (Fsp3) is 0.250. The van der Waals surface area contributed by atoms with Crippen molar-refractivity contribution in [1.82, 2.24) is 5.32 Å². The third kappa shape index (κ3) is 3.56. The maximum Gasteiger partial charge on any atom is 0.123 e. The molecule has 0 fully saturated rings. The molecule has 1 unspecified atom stereocenters. The van der Waals surface area contributed by atoms with Crippen LogP contribution in [0.4, 0.5) is 8.78 Å². The summed E-state index contributed by atoms with van der Waals surface area (Å²) in [5, 5.41) is 3.63. The van der Waals surface area contributed by atoms with Gasteiger partial charge in [-0.15, -0.1) is 0 Å². The molecule has 1 atom stereocenters. The molecule has 1 N–H and O–H groups in total. The van der Waals surface area contributed by atoms with Crippen LogP contribution in [-0.2, 0) is 6.42 Å². The minimum Gasteiger partial charge on any atom is -0.313 e. The van der Waals surface area contributed by atoms with Gasteiger partial charge in [-0.3, -0.25) is 0 Å². The van der Waals surface area contributed by atoms with Crippen molar-refractivity contribution in [2.45, 2.75) is 19.4 Å². The molecule has 0 spiro atoms. The minimum absolute atomic E-state index is 0.122. The first-order valence-electron chi connectivity index (χ1n) is 6.38. The highest BCUT2D eigenvalue weighted by molar-refractivity contribution is 6.31. The topological polar surface area (TPSA) is 12.0 Å². The molecule has 1 nitrogen and oxygen atoms in total. The molecular formula is C16H16ClF2N. The Labute approximate surface area is 122 Å². The lowest BCUT2D eigenvalue weighted by atomic mass is 9.97. The molecule has 106 valence electrons. The third-order valence-corrected chi connectivity index (χ3v) is 3.62. The van der Waals surface area contributed by atoms with Crippen LogP contribution in [0.5, 0.6) is 0 Å². The van der Waals surface area contributed by atoms with Gasteiger partial charge in [0.25, 0.3) is 0 Å². The smallest absolute Gasteiger partial charge is 0.123 e. The van der Waals surface area contributed by atoms with Crippen LogP contribution in [-0.4, -0.2) is 7.05 Å². The lowest BCUT2D eigenvalue weighted by molar-refractivity contribution is 0.572. The number of nitrogens with one attached hydrogen (secondary N) is 1. The molecule has 0 saturated carbocycles. The zero-order chi connectivity index (χ0) is 14.7. The van der Waals surface area contributed by atoms with Crippen LogP contribution in [0.3, 0.4) is 0 Å². The van der Waals surface area contributed by atoms with Crippen molar-refractivity contribution in [3.05, 3.63) is 69.7 Å². The molecule has 0 aliphatic carbocycles. The molecule has 0 heterocycles. The minimum atomic E-state index is -0.324. The van der Waals surface area contributed by atoms with Gasteiger partial charge in [-0.25, -0.2) is 8.78 Å². The van der Waals surface area contributed by atoms with E-state index in [2.05, 4.69) is 5.32 Å². The third-order valence-electron chi connectivity index (χ3n) is 3.25. The van der Waals surface area contributed by atoms with Crippen molar-refractivity contribution in [2.24, 2.45) is 0 Å². The van der Waals surface area contributed by atoms with E-state index in [1.165, 1.54) is 30.3 Å². The number of benzene rings is 2. The Bertz CT molecular complexity index is 593. The van der Waals surface area contributed by atoms with Crippen molar-refractivity contribution in [1.29, 1.82) is 0 Å². The zero-order valence-corrected chi connectivity index (χ0v) is 12.1. The van der Waals surface area contributed by atoms with E-state index in [0.29, 0.717) is 17.0 Å². The van der Waals surface area contributed by atoms with E-state index in [4.69, 9.17) is 11.6 Å². The van der Waals surface area contributed by atoms with Gasteiger partial charge in [-0.2, -0.15) is 0 Å². The van der Waals surface area contributed by atoms with Crippen LogP contribution in [0, 0.1) is 18.6 Å². The van der Waals surface area contributed by atoms with E-state index in [-0.39, 0.29) is 17.7 Å². The Morgan fingerprint density at radius 3 is 2.50 bits per heavy atom. The highest BCUT2D eigenvalue weighted by Gasteiger charge is 2.14. The van der Waals surface area contributed by atoms with E-state index < -0.39 is 0 Å². The molecule has 2 rings (SSSR count). The zero-order valence-electron chi connectivity index (χ0n) is 11.4. The molecule has 0 radical (unpaired) electrons. The monoisotopic (exact) mass is 295 g/mol. The number of rotatable bonds is 4. The summed E-state index contributed by atoms with van der Waals surface area (Å²) in [6.45, 7) is 1.84. The summed E-state index contributed by atoms with van der Waals surface area (Å²) in [6.07, 6.45) is 0.496. The van der Waals surface area contributed by atoms with Gasteiger partial charge in [-0.05, 0) is 67.4 Å². The summed E-state index contributed by atoms with van der Waals surface area (Å²) >= 11 is 6.08. The molecular weight excluding hydrogens is 280 g/mol. The van der Waals surface area contributed by atoms with Crippen molar-refractivity contribution in [3.63, 3.8) is 0 Å². The van der Waals surface area contributed by atoms with Gasteiger partial charge in [0.15, 0.2) is 0 Å². The van der Waals surface area contributed by atoms with E-state index in [0.717, 1.165) is 11.1 Å². The van der Waals surface area contributed by atoms with Gasteiger partial charge in [0.1, 0.15) is 11.6 Å². The van der Waals surface area contributed by atoms with Crippen LogP contribution in [0.15, 0.2) is 36.4 Å². The fourth-order valence-corrected chi connectivity index (χ4v) is 2.47. The summed E-state index contributed by atoms with van der Waals surface area (Å²) in [7, 11) is 1.79. The maximum absolute atomic E-state index is 13.5. The molecule has 0 aliphatic rings. The second-order valence-electron chi connectivity index (χ2n) is 4.84.